The van der Waals surface area contributed by atoms with Crippen LogP contribution < -0.4 is 0 Å². The molecule has 6 heteroatoms. The first-order valence-corrected chi connectivity index (χ1v) is 4.09. The van der Waals surface area contributed by atoms with Crippen molar-refractivity contribution in [1.29, 1.82) is 0 Å². The van der Waals surface area contributed by atoms with Crippen molar-refractivity contribution >= 4 is 11.6 Å². The number of halogens is 2. The predicted octanol–water partition coefficient (Wildman–Crippen LogP) is 1.73. The molecule has 2 aromatic heterocycles. The maximum Gasteiger partial charge on any atom is 0.188 e. The van der Waals surface area contributed by atoms with Gasteiger partial charge in [0.25, 0.3) is 0 Å². The Morgan fingerprint density at radius 2 is 2.00 bits per heavy atom. The summed E-state index contributed by atoms with van der Waals surface area (Å²) in [5.74, 6) is -0.685. The average molecular weight is 211 g/mol. The van der Waals surface area contributed by atoms with Gasteiger partial charge in [-0.3, -0.25) is 9.97 Å². The highest BCUT2D eigenvalue weighted by Gasteiger charge is 2.11. The maximum atomic E-state index is 13.4. The molecule has 2 aromatic rings. The van der Waals surface area contributed by atoms with E-state index in [1.807, 2.05) is 0 Å². The van der Waals surface area contributed by atoms with Crippen LogP contribution >= 0.6 is 11.6 Å². The van der Waals surface area contributed by atoms with Gasteiger partial charge in [-0.2, -0.15) is 0 Å². The van der Waals surface area contributed by atoms with E-state index in [2.05, 4.69) is 19.9 Å². The van der Waals surface area contributed by atoms with E-state index in [1.165, 1.54) is 24.9 Å². The van der Waals surface area contributed by atoms with Crippen LogP contribution in [0.1, 0.15) is 0 Å². The molecule has 0 aliphatic rings. The first-order valence-electron chi connectivity index (χ1n) is 3.71. The molecule has 0 N–H and O–H groups in total. The molecular formula is C8H4ClFN4. The van der Waals surface area contributed by atoms with Crippen molar-refractivity contribution in [3.63, 3.8) is 0 Å². The fraction of sp³-hybridized carbons (Fsp3) is 0. The SMILES string of the molecule is Fc1c(Cl)ncnc1-c1cnccn1. The molecule has 0 bridgehead atoms. The topological polar surface area (TPSA) is 51.6 Å². The van der Waals surface area contributed by atoms with Crippen molar-refractivity contribution < 1.29 is 4.39 Å². The Kier molecular flexibility index (Phi) is 2.32. The molecule has 0 aromatic carbocycles. The molecule has 14 heavy (non-hydrogen) atoms. The van der Waals surface area contributed by atoms with Gasteiger partial charge in [-0.05, 0) is 0 Å². The highest BCUT2D eigenvalue weighted by molar-refractivity contribution is 6.29. The summed E-state index contributed by atoms with van der Waals surface area (Å²) in [6.45, 7) is 0. The van der Waals surface area contributed by atoms with E-state index in [0.717, 1.165) is 0 Å². The molecule has 4 nitrogen and oxygen atoms in total. The van der Waals surface area contributed by atoms with Crippen molar-refractivity contribution in [2.24, 2.45) is 0 Å². The Labute approximate surface area is 83.8 Å². The van der Waals surface area contributed by atoms with Gasteiger partial charge in [-0.15, -0.1) is 0 Å². The van der Waals surface area contributed by atoms with E-state index < -0.39 is 5.82 Å². The van der Waals surface area contributed by atoms with Crippen molar-refractivity contribution in [3.05, 3.63) is 35.9 Å². The fourth-order valence-electron chi connectivity index (χ4n) is 0.948. The molecule has 2 rings (SSSR count). The van der Waals surface area contributed by atoms with Crippen LogP contribution in [0, 0.1) is 5.82 Å². The van der Waals surface area contributed by atoms with Crippen LogP contribution in [0.15, 0.2) is 24.9 Å². The van der Waals surface area contributed by atoms with Gasteiger partial charge in [0.2, 0.25) is 0 Å². The number of aromatic nitrogens is 4. The number of nitrogens with zero attached hydrogens (tertiary/aromatic N) is 4. The molecule has 0 saturated carbocycles. The van der Waals surface area contributed by atoms with Gasteiger partial charge >= 0.3 is 0 Å². The van der Waals surface area contributed by atoms with E-state index >= 15 is 0 Å². The molecule has 0 spiro atoms. The lowest BCUT2D eigenvalue weighted by molar-refractivity contribution is 0.617. The van der Waals surface area contributed by atoms with Crippen molar-refractivity contribution in [2.75, 3.05) is 0 Å². The summed E-state index contributed by atoms with van der Waals surface area (Å²) in [7, 11) is 0. The number of hydrogen-bond acceptors (Lipinski definition) is 4. The normalized spacial score (nSPS) is 10.1. The molecule has 0 saturated heterocycles. The maximum absolute atomic E-state index is 13.4. The third-order valence-electron chi connectivity index (χ3n) is 1.55. The number of hydrogen-bond donors (Lipinski definition) is 0. The molecule has 0 amide bonds. The van der Waals surface area contributed by atoms with E-state index in [1.54, 1.807) is 0 Å². The molecular weight excluding hydrogens is 207 g/mol. The fourth-order valence-corrected chi connectivity index (χ4v) is 1.08. The Morgan fingerprint density at radius 1 is 1.14 bits per heavy atom. The molecule has 0 fully saturated rings. The highest BCUT2D eigenvalue weighted by Crippen LogP contribution is 2.20. The second-order valence-corrected chi connectivity index (χ2v) is 2.78. The summed E-state index contributed by atoms with van der Waals surface area (Å²) in [6.07, 6.45) is 5.52. The molecule has 0 aliphatic carbocycles. The van der Waals surface area contributed by atoms with Gasteiger partial charge in [0, 0.05) is 12.4 Å². The summed E-state index contributed by atoms with van der Waals surface area (Å²) >= 11 is 5.49. The first-order chi connectivity index (χ1) is 6.79. The zero-order valence-corrected chi connectivity index (χ0v) is 7.61. The molecule has 0 atom stereocenters. The summed E-state index contributed by atoms with van der Waals surface area (Å²) in [5, 5.41) is -0.222. The van der Waals surface area contributed by atoms with Crippen LogP contribution in [0.5, 0.6) is 0 Å². The predicted molar refractivity (Wildman–Crippen MR) is 48.0 cm³/mol. The molecule has 2 heterocycles. The van der Waals surface area contributed by atoms with Gasteiger partial charge in [-0.25, -0.2) is 14.4 Å². The summed E-state index contributed by atoms with van der Waals surface area (Å²) in [5.41, 5.74) is 0.382. The van der Waals surface area contributed by atoms with E-state index in [9.17, 15) is 4.39 Å². The highest BCUT2D eigenvalue weighted by atomic mass is 35.5. The van der Waals surface area contributed by atoms with Crippen LogP contribution in [0.4, 0.5) is 4.39 Å². The van der Waals surface area contributed by atoms with Crippen molar-refractivity contribution in [3.8, 4) is 11.4 Å². The van der Waals surface area contributed by atoms with E-state index in [0.29, 0.717) is 5.69 Å². The Balaban J connectivity index is 2.58. The second-order valence-electron chi connectivity index (χ2n) is 2.42. The molecule has 0 aliphatic heterocycles. The van der Waals surface area contributed by atoms with Crippen LogP contribution in [0.3, 0.4) is 0 Å². The lowest BCUT2D eigenvalue weighted by atomic mass is 10.3. The van der Waals surface area contributed by atoms with Gasteiger partial charge in [0.15, 0.2) is 11.0 Å². The monoisotopic (exact) mass is 210 g/mol. The summed E-state index contributed by atoms with van der Waals surface area (Å²) in [4.78, 5) is 14.9. The smallest absolute Gasteiger partial charge is 0.188 e. The minimum absolute atomic E-state index is 0.0538. The van der Waals surface area contributed by atoms with Crippen LogP contribution in [-0.2, 0) is 0 Å². The van der Waals surface area contributed by atoms with Gasteiger partial charge in [-0.1, -0.05) is 11.6 Å². The van der Waals surface area contributed by atoms with Gasteiger partial charge in [0.1, 0.15) is 17.7 Å². The minimum atomic E-state index is -0.685. The first kappa shape index (κ1) is 8.96. The Hall–Kier alpha value is -1.62. The van der Waals surface area contributed by atoms with E-state index in [4.69, 9.17) is 11.6 Å². The van der Waals surface area contributed by atoms with Crippen molar-refractivity contribution in [2.45, 2.75) is 0 Å². The number of rotatable bonds is 1. The Bertz CT molecular complexity index is 448. The lowest BCUT2D eigenvalue weighted by Crippen LogP contribution is -1.94. The largest absolute Gasteiger partial charge is 0.261 e. The van der Waals surface area contributed by atoms with Crippen LogP contribution in [0.2, 0.25) is 5.15 Å². The van der Waals surface area contributed by atoms with Crippen LogP contribution in [-0.4, -0.2) is 19.9 Å². The quantitative estimate of drug-likeness (QED) is 0.673. The van der Waals surface area contributed by atoms with Gasteiger partial charge in [0.05, 0.1) is 6.20 Å². The second kappa shape index (κ2) is 3.63. The average Bonchev–Trinajstić information content (AvgIpc) is 2.23. The molecule has 0 unspecified atom stereocenters. The minimum Gasteiger partial charge on any atom is -0.261 e. The van der Waals surface area contributed by atoms with E-state index in [-0.39, 0.29) is 10.8 Å². The third kappa shape index (κ3) is 1.54. The zero-order valence-electron chi connectivity index (χ0n) is 6.85. The lowest BCUT2D eigenvalue weighted by Gasteiger charge is -2.00. The van der Waals surface area contributed by atoms with Gasteiger partial charge < -0.3 is 0 Å². The molecule has 70 valence electrons. The third-order valence-corrected chi connectivity index (χ3v) is 1.82. The van der Waals surface area contributed by atoms with Crippen LogP contribution in [0.25, 0.3) is 11.4 Å². The standard InChI is InChI=1S/C8H4ClFN4/c9-8-6(10)7(13-4-14-8)5-3-11-1-2-12-5/h1-4H. The zero-order chi connectivity index (χ0) is 9.97. The summed E-state index contributed by atoms with van der Waals surface area (Å²) < 4.78 is 13.4. The molecule has 0 radical (unpaired) electrons. The summed E-state index contributed by atoms with van der Waals surface area (Å²) in [6, 6.07) is 0. The Morgan fingerprint density at radius 3 is 2.71 bits per heavy atom. The van der Waals surface area contributed by atoms with Crippen molar-refractivity contribution in [1.82, 2.24) is 19.9 Å².